The van der Waals surface area contributed by atoms with Crippen LogP contribution < -0.4 is 10.1 Å². The van der Waals surface area contributed by atoms with Crippen molar-refractivity contribution in [2.45, 2.75) is 32.9 Å². The lowest BCUT2D eigenvalue weighted by atomic mass is 10.0. The van der Waals surface area contributed by atoms with Gasteiger partial charge in [0, 0.05) is 17.3 Å². The average molecular weight is 385 g/mol. The highest BCUT2D eigenvalue weighted by Crippen LogP contribution is 2.28. The molecule has 0 aliphatic rings. The van der Waals surface area contributed by atoms with Crippen LogP contribution in [0.4, 0.5) is 8.78 Å². The number of halogens is 2. The van der Waals surface area contributed by atoms with Crippen LogP contribution >= 0.6 is 0 Å². The number of aryl methyl sites for hydroxylation is 1. The maximum Gasteiger partial charge on any atom is 0.387 e. The molecule has 0 aliphatic heterocycles. The third-order valence-corrected chi connectivity index (χ3v) is 4.33. The Morgan fingerprint density at radius 2 is 1.89 bits per heavy atom. The molecule has 0 aliphatic carbocycles. The minimum Gasteiger partial charge on any atom is -0.434 e. The second kappa shape index (κ2) is 8.65. The largest absolute Gasteiger partial charge is 0.434 e. The van der Waals surface area contributed by atoms with E-state index in [9.17, 15) is 13.6 Å². The summed E-state index contributed by atoms with van der Waals surface area (Å²) in [4.78, 5) is 12.7. The molecule has 1 aromatic heterocycles. The van der Waals surface area contributed by atoms with E-state index < -0.39 is 12.7 Å². The Hall–Kier alpha value is -3.22. The first-order valence-corrected chi connectivity index (χ1v) is 8.94. The van der Waals surface area contributed by atoms with Crippen LogP contribution in [0, 0.1) is 6.92 Å². The number of benzene rings is 2. The molecule has 0 saturated carbocycles. The van der Waals surface area contributed by atoms with Crippen molar-refractivity contribution in [3.05, 3.63) is 77.6 Å². The number of rotatable bonds is 7. The molecule has 0 bridgehead atoms. The summed E-state index contributed by atoms with van der Waals surface area (Å²) in [5.41, 5.74) is 2.87. The number of alkyl halides is 2. The zero-order valence-corrected chi connectivity index (χ0v) is 15.6. The van der Waals surface area contributed by atoms with Crippen molar-refractivity contribution in [2.24, 2.45) is 0 Å². The van der Waals surface area contributed by atoms with Gasteiger partial charge in [-0.15, -0.1) is 0 Å². The molecule has 3 rings (SSSR count). The monoisotopic (exact) mass is 385 g/mol. The smallest absolute Gasteiger partial charge is 0.387 e. The minimum atomic E-state index is -2.92. The lowest BCUT2D eigenvalue weighted by Crippen LogP contribution is -2.28. The van der Waals surface area contributed by atoms with Crippen LogP contribution in [0.15, 0.2) is 60.9 Å². The standard InChI is InChI=1S/C21H21F2N3O2/c1-3-18(17-6-4-5-7-19(17)28-21(22)23)25-20(27)15-8-10-16(11-9-15)26-13-14(2)12-24-26/h4-13,18,21H,3H2,1-2H3,(H,25,27). The quantitative estimate of drug-likeness (QED) is 0.643. The fourth-order valence-electron chi connectivity index (χ4n) is 2.93. The predicted molar refractivity (Wildman–Crippen MR) is 102 cm³/mol. The van der Waals surface area contributed by atoms with Crippen LogP contribution in [0.2, 0.25) is 0 Å². The highest BCUT2D eigenvalue weighted by atomic mass is 19.3. The average Bonchev–Trinajstić information content (AvgIpc) is 3.12. The van der Waals surface area contributed by atoms with Crippen molar-refractivity contribution in [3.8, 4) is 11.4 Å². The number of aromatic nitrogens is 2. The molecule has 1 N–H and O–H groups in total. The van der Waals surface area contributed by atoms with E-state index in [2.05, 4.69) is 15.2 Å². The summed E-state index contributed by atoms with van der Waals surface area (Å²) in [7, 11) is 0. The second-order valence-electron chi connectivity index (χ2n) is 6.36. The fourth-order valence-corrected chi connectivity index (χ4v) is 2.93. The van der Waals surface area contributed by atoms with E-state index >= 15 is 0 Å². The molecule has 1 unspecified atom stereocenters. The molecule has 0 radical (unpaired) electrons. The number of para-hydroxylation sites is 1. The van der Waals surface area contributed by atoms with Gasteiger partial charge >= 0.3 is 6.61 Å². The highest BCUT2D eigenvalue weighted by Gasteiger charge is 2.19. The zero-order chi connectivity index (χ0) is 20.1. The number of carbonyl (C=O) groups is 1. The van der Waals surface area contributed by atoms with Gasteiger partial charge in [-0.3, -0.25) is 4.79 Å². The fraction of sp³-hybridized carbons (Fsp3) is 0.238. The first-order chi connectivity index (χ1) is 13.5. The summed E-state index contributed by atoms with van der Waals surface area (Å²) in [6, 6.07) is 13.1. The molecule has 28 heavy (non-hydrogen) atoms. The number of hydrogen-bond acceptors (Lipinski definition) is 3. The Morgan fingerprint density at radius 1 is 1.18 bits per heavy atom. The summed E-state index contributed by atoms with van der Waals surface area (Å²) >= 11 is 0. The lowest BCUT2D eigenvalue weighted by Gasteiger charge is -2.20. The van der Waals surface area contributed by atoms with Gasteiger partial charge < -0.3 is 10.1 Å². The van der Waals surface area contributed by atoms with E-state index in [0.29, 0.717) is 17.5 Å². The first-order valence-electron chi connectivity index (χ1n) is 8.94. The number of nitrogens with zero attached hydrogens (tertiary/aromatic N) is 2. The van der Waals surface area contributed by atoms with Crippen molar-refractivity contribution in [3.63, 3.8) is 0 Å². The number of amides is 1. The lowest BCUT2D eigenvalue weighted by molar-refractivity contribution is -0.0506. The van der Waals surface area contributed by atoms with Gasteiger partial charge in [-0.2, -0.15) is 13.9 Å². The van der Waals surface area contributed by atoms with Crippen LogP contribution in [0.1, 0.15) is 40.9 Å². The molecule has 5 nitrogen and oxygen atoms in total. The van der Waals surface area contributed by atoms with E-state index in [-0.39, 0.29) is 11.7 Å². The molecular weight excluding hydrogens is 364 g/mol. The molecule has 1 amide bonds. The first kappa shape index (κ1) is 19.5. The summed E-state index contributed by atoms with van der Waals surface area (Å²) < 4.78 is 31.6. The van der Waals surface area contributed by atoms with Gasteiger partial charge in [-0.25, -0.2) is 4.68 Å². The molecule has 1 atom stereocenters. The third-order valence-electron chi connectivity index (χ3n) is 4.33. The summed E-state index contributed by atoms with van der Waals surface area (Å²) in [6.07, 6.45) is 4.17. The van der Waals surface area contributed by atoms with E-state index in [1.54, 1.807) is 53.3 Å². The molecule has 0 spiro atoms. The maximum atomic E-state index is 12.7. The predicted octanol–water partition coefficient (Wildman–Crippen LogP) is 4.66. The van der Waals surface area contributed by atoms with Crippen molar-refractivity contribution in [1.29, 1.82) is 0 Å². The van der Waals surface area contributed by atoms with Crippen LogP contribution in [-0.2, 0) is 0 Å². The van der Waals surface area contributed by atoms with E-state index in [4.69, 9.17) is 0 Å². The minimum absolute atomic E-state index is 0.0639. The Labute approximate surface area is 161 Å². The number of ether oxygens (including phenoxy) is 1. The Morgan fingerprint density at radius 3 is 2.50 bits per heavy atom. The van der Waals surface area contributed by atoms with Gasteiger partial charge in [-0.1, -0.05) is 25.1 Å². The van der Waals surface area contributed by atoms with E-state index in [1.165, 1.54) is 6.07 Å². The van der Waals surface area contributed by atoms with Crippen molar-refractivity contribution >= 4 is 5.91 Å². The zero-order valence-electron chi connectivity index (χ0n) is 15.6. The summed E-state index contributed by atoms with van der Waals surface area (Å²) in [5.74, 6) is -0.226. The van der Waals surface area contributed by atoms with Crippen LogP contribution in [0.3, 0.4) is 0 Å². The van der Waals surface area contributed by atoms with Gasteiger partial charge in [0.2, 0.25) is 0 Å². The number of hydrogen-bond donors (Lipinski definition) is 1. The van der Waals surface area contributed by atoms with Gasteiger partial charge in [0.25, 0.3) is 5.91 Å². The normalized spacial score (nSPS) is 12.0. The van der Waals surface area contributed by atoms with Gasteiger partial charge in [0.15, 0.2) is 0 Å². The Kier molecular flexibility index (Phi) is 6.03. The van der Waals surface area contributed by atoms with Gasteiger partial charge in [0.05, 0.1) is 17.9 Å². The molecule has 3 aromatic rings. The Balaban J connectivity index is 1.76. The molecule has 2 aromatic carbocycles. The van der Waals surface area contributed by atoms with E-state index in [1.807, 2.05) is 20.0 Å². The van der Waals surface area contributed by atoms with Crippen molar-refractivity contribution < 1.29 is 18.3 Å². The van der Waals surface area contributed by atoms with Crippen LogP contribution in [0.25, 0.3) is 5.69 Å². The Bertz CT molecular complexity index is 939. The molecule has 0 saturated heterocycles. The molecule has 7 heteroatoms. The molecule has 1 heterocycles. The number of nitrogens with one attached hydrogen (secondary N) is 1. The van der Waals surface area contributed by atoms with Gasteiger partial charge in [-0.05, 0) is 49.2 Å². The van der Waals surface area contributed by atoms with Crippen LogP contribution in [0.5, 0.6) is 5.75 Å². The van der Waals surface area contributed by atoms with Crippen molar-refractivity contribution in [1.82, 2.24) is 15.1 Å². The SMILES string of the molecule is CCC(NC(=O)c1ccc(-n2cc(C)cn2)cc1)c1ccccc1OC(F)F. The molecule has 146 valence electrons. The summed E-state index contributed by atoms with van der Waals surface area (Å²) in [6.45, 7) is 0.895. The van der Waals surface area contributed by atoms with Crippen LogP contribution in [-0.4, -0.2) is 22.3 Å². The van der Waals surface area contributed by atoms with Crippen molar-refractivity contribution in [2.75, 3.05) is 0 Å². The molecular formula is C21H21F2N3O2. The maximum absolute atomic E-state index is 12.7. The summed E-state index contributed by atoms with van der Waals surface area (Å²) in [5, 5.41) is 7.13. The topological polar surface area (TPSA) is 56.2 Å². The van der Waals surface area contributed by atoms with E-state index in [0.717, 1.165) is 11.3 Å². The third kappa shape index (κ3) is 4.54. The molecule has 0 fully saturated rings. The highest BCUT2D eigenvalue weighted by molar-refractivity contribution is 5.94. The second-order valence-corrected chi connectivity index (χ2v) is 6.36. The number of carbonyl (C=O) groups excluding carboxylic acids is 1. The van der Waals surface area contributed by atoms with Gasteiger partial charge in [0.1, 0.15) is 5.75 Å².